The van der Waals surface area contributed by atoms with E-state index in [-0.39, 0.29) is 5.89 Å². The van der Waals surface area contributed by atoms with Gasteiger partial charge in [-0.25, -0.2) is 4.98 Å². The number of fused-ring (bicyclic) bond motifs is 1. The molecule has 0 bridgehead atoms. The Morgan fingerprint density at radius 2 is 2.00 bits per heavy atom. The predicted octanol–water partition coefficient (Wildman–Crippen LogP) is 1.91. The van der Waals surface area contributed by atoms with E-state index < -0.39 is 23.2 Å². The molecule has 6 heteroatoms. The van der Waals surface area contributed by atoms with E-state index in [4.69, 9.17) is 14.9 Å². The van der Waals surface area contributed by atoms with Gasteiger partial charge in [0.15, 0.2) is 5.58 Å². The first kappa shape index (κ1) is 15.5. The molecule has 0 radical (unpaired) electrons. The summed E-state index contributed by atoms with van der Waals surface area (Å²) in [5, 5.41) is 10.4. The zero-order chi connectivity index (χ0) is 15.8. The zero-order valence-corrected chi connectivity index (χ0v) is 12.6. The molecule has 0 amide bonds. The molecule has 1 aromatic carbocycles. The fraction of sp³-hybridized carbons (Fsp3) is 0.467. The van der Waals surface area contributed by atoms with Crippen molar-refractivity contribution in [3.63, 3.8) is 0 Å². The second-order valence-corrected chi connectivity index (χ2v) is 6.07. The minimum atomic E-state index is -2.04. The van der Waals surface area contributed by atoms with Crippen LogP contribution in [0.2, 0.25) is 0 Å². The maximum Gasteiger partial charge on any atom is 0.314 e. The van der Waals surface area contributed by atoms with Gasteiger partial charge in [-0.05, 0) is 39.8 Å². The molecule has 0 saturated heterocycles. The lowest BCUT2D eigenvalue weighted by atomic mass is 9.98. The van der Waals surface area contributed by atoms with Crippen molar-refractivity contribution in [1.29, 1.82) is 0 Å². The molecule has 2 rings (SSSR count). The van der Waals surface area contributed by atoms with Crippen LogP contribution in [0.15, 0.2) is 28.7 Å². The van der Waals surface area contributed by atoms with Crippen LogP contribution in [0.4, 0.5) is 0 Å². The zero-order valence-electron chi connectivity index (χ0n) is 12.6. The van der Waals surface area contributed by atoms with Crippen LogP contribution in [0.1, 0.15) is 33.6 Å². The average Bonchev–Trinajstić information content (AvgIpc) is 2.80. The average molecular weight is 292 g/mol. The molecule has 3 N–H and O–H groups in total. The molecule has 0 aliphatic heterocycles. The highest BCUT2D eigenvalue weighted by Crippen LogP contribution is 2.28. The Labute approximate surface area is 122 Å². The van der Waals surface area contributed by atoms with Gasteiger partial charge in [0.1, 0.15) is 17.0 Å². The number of para-hydroxylation sites is 2. The van der Waals surface area contributed by atoms with Crippen LogP contribution in [-0.4, -0.2) is 21.7 Å². The van der Waals surface area contributed by atoms with Crippen LogP contribution in [0.3, 0.4) is 0 Å². The molecule has 0 spiro atoms. The number of carbonyl (C=O) groups excluding carboxylic acids is 1. The summed E-state index contributed by atoms with van der Waals surface area (Å²) in [5.74, 6) is -1.75. The van der Waals surface area contributed by atoms with Crippen LogP contribution in [0, 0.1) is 5.92 Å². The van der Waals surface area contributed by atoms with Crippen molar-refractivity contribution in [3.05, 3.63) is 30.2 Å². The number of ether oxygens (including phenoxy) is 1. The highest BCUT2D eigenvalue weighted by molar-refractivity contribution is 5.75. The number of oxazole rings is 1. The van der Waals surface area contributed by atoms with Gasteiger partial charge in [0.25, 0.3) is 0 Å². The van der Waals surface area contributed by atoms with Gasteiger partial charge in [-0.1, -0.05) is 12.1 Å². The molecule has 2 aromatic rings. The first-order valence-electron chi connectivity index (χ1n) is 6.71. The second-order valence-electron chi connectivity index (χ2n) is 6.07. The van der Waals surface area contributed by atoms with Crippen LogP contribution in [0.5, 0.6) is 0 Å². The van der Waals surface area contributed by atoms with E-state index in [2.05, 4.69) is 4.98 Å². The Kier molecular flexibility index (Phi) is 3.78. The van der Waals surface area contributed by atoms with E-state index in [1.807, 2.05) is 0 Å². The lowest BCUT2D eigenvalue weighted by molar-refractivity contribution is -0.171. The molecule has 0 aliphatic rings. The summed E-state index contributed by atoms with van der Waals surface area (Å²) in [7, 11) is 0. The SMILES string of the molecule is CC(C(=O)OC(C)(C)C)C(N)(O)c1nc2ccccc2o1. The minimum absolute atomic E-state index is 0.109. The van der Waals surface area contributed by atoms with E-state index in [1.54, 1.807) is 45.0 Å². The third-order valence-corrected chi connectivity index (χ3v) is 3.06. The predicted molar refractivity (Wildman–Crippen MR) is 77.1 cm³/mol. The topological polar surface area (TPSA) is 98.6 Å². The number of rotatable bonds is 3. The maximum absolute atomic E-state index is 12.1. The van der Waals surface area contributed by atoms with Crippen molar-refractivity contribution in [2.75, 3.05) is 0 Å². The number of carbonyl (C=O) groups is 1. The molecule has 1 aromatic heterocycles. The van der Waals surface area contributed by atoms with Crippen LogP contribution in [0.25, 0.3) is 11.1 Å². The summed E-state index contributed by atoms with van der Waals surface area (Å²) >= 11 is 0. The summed E-state index contributed by atoms with van der Waals surface area (Å²) in [5.41, 5.74) is 4.22. The Bertz CT molecular complexity index is 622. The van der Waals surface area contributed by atoms with Crippen molar-refractivity contribution in [2.45, 2.75) is 39.0 Å². The minimum Gasteiger partial charge on any atom is -0.460 e. The summed E-state index contributed by atoms with van der Waals surface area (Å²) in [4.78, 5) is 16.2. The van der Waals surface area contributed by atoms with Gasteiger partial charge in [0.2, 0.25) is 11.6 Å². The molecule has 1 heterocycles. The number of aromatic nitrogens is 1. The number of nitrogens with two attached hydrogens (primary N) is 1. The Hall–Kier alpha value is -1.92. The van der Waals surface area contributed by atoms with Gasteiger partial charge >= 0.3 is 5.97 Å². The summed E-state index contributed by atoms with van der Waals surface area (Å²) < 4.78 is 10.7. The largest absolute Gasteiger partial charge is 0.460 e. The van der Waals surface area contributed by atoms with Crippen molar-refractivity contribution < 1.29 is 19.1 Å². The second kappa shape index (κ2) is 5.13. The lowest BCUT2D eigenvalue weighted by Crippen LogP contribution is -2.48. The maximum atomic E-state index is 12.1. The molecule has 0 saturated carbocycles. The Morgan fingerprint density at radius 1 is 1.38 bits per heavy atom. The first-order valence-corrected chi connectivity index (χ1v) is 6.71. The summed E-state index contributed by atoms with van der Waals surface area (Å²) in [6, 6.07) is 7.02. The van der Waals surface area contributed by atoms with Crippen molar-refractivity contribution in [3.8, 4) is 0 Å². The van der Waals surface area contributed by atoms with E-state index in [9.17, 15) is 9.90 Å². The number of hydrogen-bond donors (Lipinski definition) is 2. The van der Waals surface area contributed by atoms with Crippen LogP contribution < -0.4 is 5.73 Å². The smallest absolute Gasteiger partial charge is 0.314 e. The van der Waals surface area contributed by atoms with Crippen LogP contribution >= 0.6 is 0 Å². The fourth-order valence-corrected chi connectivity index (χ4v) is 1.80. The molecule has 2 unspecified atom stereocenters. The van der Waals surface area contributed by atoms with Crippen molar-refractivity contribution in [2.24, 2.45) is 11.7 Å². The molecule has 21 heavy (non-hydrogen) atoms. The van der Waals surface area contributed by atoms with Gasteiger partial charge < -0.3 is 14.3 Å². The quantitative estimate of drug-likeness (QED) is 0.662. The van der Waals surface area contributed by atoms with Crippen molar-refractivity contribution >= 4 is 17.1 Å². The monoisotopic (exact) mass is 292 g/mol. The van der Waals surface area contributed by atoms with Gasteiger partial charge in [-0.3, -0.25) is 10.5 Å². The van der Waals surface area contributed by atoms with E-state index >= 15 is 0 Å². The van der Waals surface area contributed by atoms with Crippen molar-refractivity contribution in [1.82, 2.24) is 4.98 Å². The molecular formula is C15H20N2O4. The highest BCUT2D eigenvalue weighted by Gasteiger charge is 2.42. The third kappa shape index (κ3) is 3.22. The number of esters is 1. The lowest BCUT2D eigenvalue weighted by Gasteiger charge is -2.28. The van der Waals surface area contributed by atoms with Gasteiger partial charge in [-0.15, -0.1) is 0 Å². The standard InChI is InChI=1S/C15H20N2O4/c1-9(12(18)21-14(2,3)4)15(16,19)13-17-10-7-5-6-8-11(10)20-13/h5-9,19H,16H2,1-4H3. The van der Waals surface area contributed by atoms with E-state index in [1.165, 1.54) is 6.92 Å². The number of nitrogens with zero attached hydrogens (tertiary/aromatic N) is 1. The highest BCUT2D eigenvalue weighted by atomic mass is 16.6. The third-order valence-electron chi connectivity index (χ3n) is 3.06. The molecule has 2 atom stereocenters. The molecule has 0 aliphatic carbocycles. The van der Waals surface area contributed by atoms with E-state index in [0.717, 1.165) is 0 Å². The molecular weight excluding hydrogens is 272 g/mol. The number of aliphatic hydroxyl groups is 1. The Balaban J connectivity index is 2.29. The molecule has 6 nitrogen and oxygen atoms in total. The van der Waals surface area contributed by atoms with E-state index in [0.29, 0.717) is 11.1 Å². The Morgan fingerprint density at radius 3 is 2.57 bits per heavy atom. The first-order chi connectivity index (χ1) is 9.61. The molecule has 114 valence electrons. The van der Waals surface area contributed by atoms with Gasteiger partial charge in [-0.2, -0.15) is 0 Å². The molecule has 0 fully saturated rings. The van der Waals surface area contributed by atoms with Crippen LogP contribution in [-0.2, 0) is 15.3 Å². The fourth-order valence-electron chi connectivity index (χ4n) is 1.80. The summed E-state index contributed by atoms with van der Waals surface area (Å²) in [6.45, 7) is 6.70. The summed E-state index contributed by atoms with van der Waals surface area (Å²) in [6.07, 6.45) is 0. The number of benzene rings is 1. The van der Waals surface area contributed by atoms with Gasteiger partial charge in [0.05, 0.1) is 0 Å². The van der Waals surface area contributed by atoms with Gasteiger partial charge in [0, 0.05) is 0 Å². The normalized spacial score (nSPS) is 16.5. The number of hydrogen-bond acceptors (Lipinski definition) is 6.